The van der Waals surface area contributed by atoms with E-state index in [0.717, 1.165) is 4.47 Å². The molecule has 0 aliphatic carbocycles. The van der Waals surface area contributed by atoms with E-state index in [4.69, 9.17) is 4.74 Å². The number of hydrogen-bond acceptors (Lipinski definition) is 3. The highest BCUT2D eigenvalue weighted by atomic mass is 79.9. The molecule has 0 bridgehead atoms. The van der Waals surface area contributed by atoms with Crippen LogP contribution in [0.4, 0.5) is 0 Å². The molecule has 2 rings (SSSR count). The molecule has 0 radical (unpaired) electrons. The molecule has 0 fully saturated rings. The van der Waals surface area contributed by atoms with Crippen molar-refractivity contribution in [2.45, 2.75) is 0 Å². The Labute approximate surface area is 94.1 Å². The van der Waals surface area contributed by atoms with Crippen LogP contribution in [-0.2, 0) is 0 Å². The Morgan fingerprint density at radius 3 is 2.67 bits per heavy atom. The molecule has 1 heterocycles. The molecule has 0 amide bonds. The van der Waals surface area contributed by atoms with Gasteiger partial charge in [-0.15, -0.1) is 0 Å². The van der Waals surface area contributed by atoms with Gasteiger partial charge < -0.3 is 9.72 Å². The molecule has 0 saturated carbocycles. The third kappa shape index (κ3) is 2.66. The van der Waals surface area contributed by atoms with Crippen molar-refractivity contribution in [1.29, 1.82) is 0 Å². The second kappa shape index (κ2) is 4.27. The minimum absolute atomic E-state index is 0.239. The summed E-state index contributed by atoms with van der Waals surface area (Å²) in [5.74, 6) is 0.914. The van der Waals surface area contributed by atoms with E-state index < -0.39 is 0 Å². The number of hydrogen-bond donors (Lipinski definition) is 1. The molecule has 1 N–H and O–H groups in total. The fourth-order valence-corrected chi connectivity index (χ4v) is 1.29. The van der Waals surface area contributed by atoms with Crippen molar-refractivity contribution in [1.82, 2.24) is 9.97 Å². The van der Waals surface area contributed by atoms with Crippen LogP contribution in [0.1, 0.15) is 0 Å². The van der Waals surface area contributed by atoms with Gasteiger partial charge in [0, 0.05) is 4.47 Å². The zero-order valence-corrected chi connectivity index (χ0v) is 9.19. The first-order valence-corrected chi connectivity index (χ1v) is 5.01. The van der Waals surface area contributed by atoms with Crippen molar-refractivity contribution < 1.29 is 4.74 Å². The standard InChI is InChI=1S/C10H7BrN2O2/c11-7-1-3-8(4-2-7)15-10-5-9(14)12-6-13-10/h1-6H,(H,12,13,14). The van der Waals surface area contributed by atoms with Crippen LogP contribution in [0.15, 0.2) is 45.9 Å². The van der Waals surface area contributed by atoms with E-state index in [9.17, 15) is 4.79 Å². The van der Waals surface area contributed by atoms with Crippen molar-refractivity contribution >= 4 is 15.9 Å². The van der Waals surface area contributed by atoms with Gasteiger partial charge in [0.25, 0.3) is 5.56 Å². The Bertz CT molecular complexity index is 507. The highest BCUT2D eigenvalue weighted by Gasteiger charge is 1.98. The number of H-pyrrole nitrogens is 1. The van der Waals surface area contributed by atoms with E-state index in [1.807, 2.05) is 12.1 Å². The topological polar surface area (TPSA) is 55.0 Å². The van der Waals surface area contributed by atoms with E-state index >= 15 is 0 Å². The number of aromatic amines is 1. The summed E-state index contributed by atoms with van der Waals surface area (Å²) >= 11 is 3.32. The molecular weight excluding hydrogens is 260 g/mol. The largest absolute Gasteiger partial charge is 0.439 e. The molecule has 0 aliphatic heterocycles. The quantitative estimate of drug-likeness (QED) is 0.908. The molecule has 5 heteroatoms. The van der Waals surface area contributed by atoms with Crippen molar-refractivity contribution in [3.8, 4) is 11.6 Å². The minimum atomic E-state index is -0.239. The average molecular weight is 267 g/mol. The number of aromatic nitrogens is 2. The van der Waals surface area contributed by atoms with E-state index in [-0.39, 0.29) is 11.4 Å². The van der Waals surface area contributed by atoms with Crippen LogP contribution in [0.5, 0.6) is 11.6 Å². The fourth-order valence-electron chi connectivity index (χ4n) is 1.03. The lowest BCUT2D eigenvalue weighted by atomic mass is 10.3. The van der Waals surface area contributed by atoms with Gasteiger partial charge in [-0.1, -0.05) is 15.9 Å². The lowest BCUT2D eigenvalue weighted by Gasteiger charge is -2.02. The van der Waals surface area contributed by atoms with Gasteiger partial charge in [0.15, 0.2) is 0 Å². The zero-order chi connectivity index (χ0) is 10.7. The number of ether oxygens (including phenoxy) is 1. The summed E-state index contributed by atoms with van der Waals surface area (Å²) in [5, 5.41) is 0. The highest BCUT2D eigenvalue weighted by molar-refractivity contribution is 9.10. The number of halogens is 1. The summed E-state index contributed by atoms with van der Waals surface area (Å²) in [6.07, 6.45) is 1.30. The molecule has 1 aromatic heterocycles. The smallest absolute Gasteiger partial charge is 0.254 e. The molecular formula is C10H7BrN2O2. The van der Waals surface area contributed by atoms with Crippen LogP contribution < -0.4 is 10.3 Å². The number of nitrogens with one attached hydrogen (secondary N) is 1. The Hall–Kier alpha value is -1.62. The van der Waals surface area contributed by atoms with Gasteiger partial charge in [-0.05, 0) is 24.3 Å². The molecule has 76 valence electrons. The monoisotopic (exact) mass is 266 g/mol. The average Bonchev–Trinajstić information content (AvgIpc) is 2.22. The van der Waals surface area contributed by atoms with E-state index in [1.54, 1.807) is 12.1 Å². The van der Waals surface area contributed by atoms with Gasteiger partial charge in [-0.2, -0.15) is 0 Å². The first-order valence-electron chi connectivity index (χ1n) is 4.22. The summed E-state index contributed by atoms with van der Waals surface area (Å²) in [6.45, 7) is 0. The highest BCUT2D eigenvalue weighted by Crippen LogP contribution is 2.20. The van der Waals surface area contributed by atoms with Crippen molar-refractivity contribution in [2.24, 2.45) is 0 Å². The Morgan fingerprint density at radius 2 is 2.00 bits per heavy atom. The second-order valence-corrected chi connectivity index (χ2v) is 3.72. The maximum Gasteiger partial charge on any atom is 0.254 e. The molecule has 0 atom stereocenters. The maximum atomic E-state index is 11.0. The lowest BCUT2D eigenvalue weighted by molar-refractivity contribution is 0.460. The summed E-state index contributed by atoms with van der Waals surface area (Å²) in [4.78, 5) is 17.2. The molecule has 0 saturated heterocycles. The van der Waals surface area contributed by atoms with Crippen LogP contribution in [0.2, 0.25) is 0 Å². The maximum absolute atomic E-state index is 11.0. The minimum Gasteiger partial charge on any atom is -0.439 e. The normalized spacial score (nSPS) is 9.93. The SMILES string of the molecule is O=c1cc(Oc2ccc(Br)cc2)nc[nH]1. The van der Waals surface area contributed by atoms with Gasteiger partial charge >= 0.3 is 0 Å². The summed E-state index contributed by atoms with van der Waals surface area (Å²) in [5.41, 5.74) is -0.239. The van der Waals surface area contributed by atoms with Crippen molar-refractivity contribution in [2.75, 3.05) is 0 Å². The van der Waals surface area contributed by atoms with Crippen molar-refractivity contribution in [3.63, 3.8) is 0 Å². The molecule has 1 aromatic carbocycles. The van der Waals surface area contributed by atoms with Crippen molar-refractivity contribution in [3.05, 3.63) is 51.5 Å². The molecule has 0 unspecified atom stereocenters. The van der Waals surface area contributed by atoms with Crippen LogP contribution in [-0.4, -0.2) is 9.97 Å². The van der Waals surface area contributed by atoms with Crippen LogP contribution in [0.3, 0.4) is 0 Å². The summed E-state index contributed by atoms with van der Waals surface area (Å²) in [7, 11) is 0. The van der Waals surface area contributed by atoms with Gasteiger partial charge in [-0.3, -0.25) is 4.79 Å². The fraction of sp³-hybridized carbons (Fsp3) is 0. The summed E-state index contributed by atoms with van der Waals surface area (Å²) in [6, 6.07) is 8.56. The number of benzene rings is 1. The Kier molecular flexibility index (Phi) is 2.82. The van der Waals surface area contributed by atoms with Crippen LogP contribution >= 0.6 is 15.9 Å². The summed E-state index contributed by atoms with van der Waals surface area (Å²) < 4.78 is 6.33. The van der Waals surface area contributed by atoms with Crippen LogP contribution in [0.25, 0.3) is 0 Å². The van der Waals surface area contributed by atoms with Crippen LogP contribution in [0, 0.1) is 0 Å². The van der Waals surface area contributed by atoms with Gasteiger partial charge in [0.2, 0.25) is 5.88 Å². The van der Waals surface area contributed by atoms with Gasteiger partial charge in [-0.25, -0.2) is 4.98 Å². The Balaban J connectivity index is 2.22. The van der Waals surface area contributed by atoms with Gasteiger partial charge in [0.05, 0.1) is 12.4 Å². The van der Waals surface area contributed by atoms with E-state index in [2.05, 4.69) is 25.9 Å². The predicted molar refractivity (Wildman–Crippen MR) is 59.1 cm³/mol. The van der Waals surface area contributed by atoms with E-state index in [0.29, 0.717) is 5.75 Å². The first kappa shape index (κ1) is 9.92. The Morgan fingerprint density at radius 1 is 1.27 bits per heavy atom. The lowest BCUT2D eigenvalue weighted by Crippen LogP contribution is -2.04. The molecule has 15 heavy (non-hydrogen) atoms. The molecule has 0 spiro atoms. The predicted octanol–water partition coefficient (Wildman–Crippen LogP) is 2.32. The van der Waals surface area contributed by atoms with E-state index in [1.165, 1.54) is 12.4 Å². The second-order valence-electron chi connectivity index (χ2n) is 2.81. The molecule has 2 aromatic rings. The molecule has 4 nitrogen and oxygen atoms in total. The number of nitrogens with zero attached hydrogens (tertiary/aromatic N) is 1. The number of rotatable bonds is 2. The third-order valence-corrected chi connectivity index (χ3v) is 2.22. The third-order valence-electron chi connectivity index (χ3n) is 1.69. The first-order chi connectivity index (χ1) is 7.24. The molecule has 0 aliphatic rings. The zero-order valence-electron chi connectivity index (χ0n) is 7.61. The van der Waals surface area contributed by atoms with Gasteiger partial charge in [0.1, 0.15) is 5.75 Å².